The van der Waals surface area contributed by atoms with Gasteiger partial charge in [-0.05, 0) is 54.1 Å². The summed E-state index contributed by atoms with van der Waals surface area (Å²) in [5, 5.41) is 0. The second-order valence-electron chi connectivity index (χ2n) is 6.62. The first-order valence-electron chi connectivity index (χ1n) is 9.25. The van der Waals surface area contributed by atoms with E-state index in [2.05, 4.69) is 15.9 Å². The molecule has 3 aromatic rings. The molecule has 0 spiro atoms. The van der Waals surface area contributed by atoms with Gasteiger partial charge in [0.1, 0.15) is 29.6 Å². The van der Waals surface area contributed by atoms with E-state index in [-0.39, 0.29) is 11.5 Å². The van der Waals surface area contributed by atoms with Crippen LogP contribution in [-0.4, -0.2) is 20.0 Å². The Labute approximate surface area is 183 Å². The van der Waals surface area contributed by atoms with Gasteiger partial charge >= 0.3 is 0 Å². The smallest absolute Gasteiger partial charge is 0.231 e. The Kier molecular flexibility index (Phi) is 5.77. The van der Waals surface area contributed by atoms with Crippen molar-refractivity contribution in [2.24, 2.45) is 0 Å². The molecule has 1 heterocycles. The van der Waals surface area contributed by atoms with Crippen LogP contribution in [0, 0.1) is 0 Å². The van der Waals surface area contributed by atoms with Gasteiger partial charge in [-0.3, -0.25) is 4.79 Å². The zero-order chi connectivity index (χ0) is 21.1. The predicted octanol–water partition coefficient (Wildman–Crippen LogP) is 5.66. The molecule has 1 aliphatic rings. The Morgan fingerprint density at radius 1 is 0.967 bits per heavy atom. The number of hydrogen-bond donors (Lipinski definition) is 0. The second-order valence-corrected chi connectivity index (χ2v) is 7.54. The second kappa shape index (κ2) is 8.63. The molecule has 0 N–H and O–H groups in total. The van der Waals surface area contributed by atoms with Crippen molar-refractivity contribution in [1.82, 2.24) is 0 Å². The molecule has 0 aliphatic carbocycles. The zero-order valence-corrected chi connectivity index (χ0v) is 18.1. The first-order valence-corrected chi connectivity index (χ1v) is 10.0. The number of ketones is 1. The van der Waals surface area contributed by atoms with Crippen molar-refractivity contribution in [3.05, 3.63) is 87.6 Å². The molecule has 4 rings (SSSR count). The van der Waals surface area contributed by atoms with E-state index in [1.807, 2.05) is 42.5 Å². The fourth-order valence-electron chi connectivity index (χ4n) is 3.15. The molecule has 0 bridgehead atoms. The maximum absolute atomic E-state index is 12.7. The zero-order valence-electron chi connectivity index (χ0n) is 16.5. The van der Waals surface area contributed by atoms with Gasteiger partial charge in [0.15, 0.2) is 5.76 Å². The van der Waals surface area contributed by atoms with E-state index in [0.29, 0.717) is 29.4 Å². The predicted molar refractivity (Wildman–Crippen MR) is 117 cm³/mol. The molecule has 0 atom stereocenters. The fraction of sp³-hybridized carbons (Fsp3) is 0.125. The van der Waals surface area contributed by atoms with Gasteiger partial charge < -0.3 is 18.9 Å². The Hall–Kier alpha value is -3.25. The van der Waals surface area contributed by atoms with Crippen LogP contribution in [0.2, 0.25) is 0 Å². The standard InChI is InChI=1S/C24H19BrO5/c1-27-18-5-3-4-15(10-18)14-29-19-7-8-20-22(13-19)30-23(24(20)26)12-16-11-17(25)6-9-21(16)28-2/h3-13H,14H2,1-2H3. The maximum atomic E-state index is 12.7. The number of carbonyl (C=O) groups excluding carboxylic acids is 1. The number of hydrogen-bond acceptors (Lipinski definition) is 5. The summed E-state index contributed by atoms with van der Waals surface area (Å²) in [7, 11) is 3.22. The molecule has 30 heavy (non-hydrogen) atoms. The summed E-state index contributed by atoms with van der Waals surface area (Å²) in [5.74, 6) is 2.59. The van der Waals surface area contributed by atoms with E-state index in [4.69, 9.17) is 18.9 Å². The quantitative estimate of drug-likeness (QED) is 0.438. The third-order valence-electron chi connectivity index (χ3n) is 4.66. The first kappa shape index (κ1) is 20.0. The minimum atomic E-state index is -0.175. The van der Waals surface area contributed by atoms with Gasteiger partial charge in [0.25, 0.3) is 0 Å². The number of allylic oxidation sites excluding steroid dienone is 1. The van der Waals surface area contributed by atoms with E-state index in [9.17, 15) is 4.79 Å². The Balaban J connectivity index is 1.53. The summed E-state index contributed by atoms with van der Waals surface area (Å²) < 4.78 is 23.2. The van der Waals surface area contributed by atoms with Gasteiger partial charge in [0, 0.05) is 16.1 Å². The lowest BCUT2D eigenvalue weighted by Crippen LogP contribution is -1.99. The van der Waals surface area contributed by atoms with Crippen molar-refractivity contribution in [3.8, 4) is 23.0 Å². The average molecular weight is 467 g/mol. The van der Waals surface area contributed by atoms with Gasteiger partial charge in [-0.25, -0.2) is 0 Å². The number of Topliss-reactive ketones (excluding diaryl/α,β-unsaturated/α-hetero) is 1. The van der Waals surface area contributed by atoms with Crippen LogP contribution in [0.3, 0.4) is 0 Å². The van der Waals surface area contributed by atoms with E-state index in [1.54, 1.807) is 38.5 Å². The molecule has 1 aliphatic heterocycles. The largest absolute Gasteiger partial charge is 0.497 e. The van der Waals surface area contributed by atoms with Crippen molar-refractivity contribution in [3.63, 3.8) is 0 Å². The molecule has 5 nitrogen and oxygen atoms in total. The summed E-state index contributed by atoms with van der Waals surface area (Å²) in [6.45, 7) is 0.377. The van der Waals surface area contributed by atoms with Crippen LogP contribution in [-0.2, 0) is 6.61 Å². The number of benzene rings is 3. The van der Waals surface area contributed by atoms with Crippen LogP contribution in [0.1, 0.15) is 21.5 Å². The Morgan fingerprint density at radius 3 is 2.63 bits per heavy atom. The van der Waals surface area contributed by atoms with Crippen molar-refractivity contribution in [2.45, 2.75) is 6.61 Å². The molecule has 0 saturated carbocycles. The molecule has 0 amide bonds. The van der Waals surface area contributed by atoms with Crippen molar-refractivity contribution < 1.29 is 23.7 Å². The first-order chi connectivity index (χ1) is 14.6. The van der Waals surface area contributed by atoms with Gasteiger partial charge in [0.2, 0.25) is 5.78 Å². The SMILES string of the molecule is COc1cccc(COc2ccc3c(c2)OC(=Cc2cc(Br)ccc2OC)C3=O)c1. The Morgan fingerprint density at radius 2 is 1.83 bits per heavy atom. The topological polar surface area (TPSA) is 54.0 Å². The van der Waals surface area contributed by atoms with Gasteiger partial charge in [-0.1, -0.05) is 28.1 Å². The number of halogens is 1. The number of rotatable bonds is 6. The highest BCUT2D eigenvalue weighted by Crippen LogP contribution is 2.36. The molecular weight excluding hydrogens is 448 g/mol. The van der Waals surface area contributed by atoms with E-state index < -0.39 is 0 Å². The molecular formula is C24H19BrO5. The molecule has 0 unspecified atom stereocenters. The summed E-state index contributed by atoms with van der Waals surface area (Å²) >= 11 is 3.44. The molecule has 0 saturated heterocycles. The van der Waals surface area contributed by atoms with Crippen molar-refractivity contribution in [1.29, 1.82) is 0 Å². The molecule has 0 radical (unpaired) electrons. The van der Waals surface area contributed by atoms with Crippen LogP contribution >= 0.6 is 15.9 Å². The number of ether oxygens (including phenoxy) is 4. The Bertz CT molecular complexity index is 1140. The number of carbonyl (C=O) groups is 1. The van der Waals surface area contributed by atoms with Crippen LogP contribution in [0.25, 0.3) is 6.08 Å². The van der Waals surface area contributed by atoms with Crippen molar-refractivity contribution >= 4 is 27.8 Å². The lowest BCUT2D eigenvalue weighted by Gasteiger charge is -2.08. The van der Waals surface area contributed by atoms with Gasteiger partial charge in [0.05, 0.1) is 19.8 Å². The normalized spacial score (nSPS) is 13.7. The maximum Gasteiger partial charge on any atom is 0.231 e. The molecule has 6 heteroatoms. The van der Waals surface area contributed by atoms with E-state index in [0.717, 1.165) is 21.3 Å². The third-order valence-corrected chi connectivity index (χ3v) is 5.15. The average Bonchev–Trinajstić information content (AvgIpc) is 3.07. The highest BCUT2D eigenvalue weighted by molar-refractivity contribution is 9.10. The van der Waals surface area contributed by atoms with Crippen LogP contribution in [0.4, 0.5) is 0 Å². The van der Waals surface area contributed by atoms with Crippen LogP contribution in [0.15, 0.2) is 70.9 Å². The van der Waals surface area contributed by atoms with Gasteiger partial charge in [-0.15, -0.1) is 0 Å². The highest BCUT2D eigenvalue weighted by Gasteiger charge is 2.28. The third kappa shape index (κ3) is 4.19. The van der Waals surface area contributed by atoms with Crippen LogP contribution < -0.4 is 18.9 Å². The number of methoxy groups -OCH3 is 2. The molecule has 0 fully saturated rings. The molecule has 3 aromatic carbocycles. The summed E-state index contributed by atoms with van der Waals surface area (Å²) in [6.07, 6.45) is 1.68. The fourth-order valence-corrected chi connectivity index (χ4v) is 3.52. The lowest BCUT2D eigenvalue weighted by molar-refractivity contribution is 0.101. The highest BCUT2D eigenvalue weighted by atomic mass is 79.9. The summed E-state index contributed by atoms with van der Waals surface area (Å²) in [6, 6.07) is 18.5. The lowest BCUT2D eigenvalue weighted by atomic mass is 10.1. The molecule has 152 valence electrons. The number of fused-ring (bicyclic) bond motifs is 1. The molecule has 0 aromatic heterocycles. The monoisotopic (exact) mass is 466 g/mol. The minimum absolute atomic E-state index is 0.175. The van der Waals surface area contributed by atoms with Gasteiger partial charge in [-0.2, -0.15) is 0 Å². The minimum Gasteiger partial charge on any atom is -0.497 e. The van der Waals surface area contributed by atoms with Crippen LogP contribution in [0.5, 0.6) is 23.0 Å². The van der Waals surface area contributed by atoms with Crippen molar-refractivity contribution in [2.75, 3.05) is 14.2 Å². The summed E-state index contributed by atoms with van der Waals surface area (Å²) in [5.41, 5.74) is 2.23. The van der Waals surface area contributed by atoms with E-state index in [1.165, 1.54) is 0 Å². The summed E-state index contributed by atoms with van der Waals surface area (Å²) in [4.78, 5) is 12.7. The van der Waals surface area contributed by atoms with E-state index >= 15 is 0 Å².